The Bertz CT molecular complexity index is 1170. The van der Waals surface area contributed by atoms with Crippen molar-refractivity contribution in [3.8, 4) is 28.3 Å². The highest BCUT2D eigenvalue weighted by molar-refractivity contribution is 6.34. The topological polar surface area (TPSA) is 58.4 Å². The second-order valence-electron chi connectivity index (χ2n) is 6.76. The average molecular weight is 450 g/mol. The maximum absolute atomic E-state index is 15.0. The van der Waals surface area contributed by atoms with Gasteiger partial charge >= 0.3 is 0 Å². The molecule has 1 aliphatic heterocycles. The van der Waals surface area contributed by atoms with Crippen molar-refractivity contribution in [1.29, 1.82) is 0 Å². The van der Waals surface area contributed by atoms with Gasteiger partial charge in [-0.05, 0) is 30.3 Å². The van der Waals surface area contributed by atoms with Crippen LogP contribution in [-0.2, 0) is 17.9 Å². The van der Waals surface area contributed by atoms with E-state index in [1.807, 2.05) is 4.57 Å². The van der Waals surface area contributed by atoms with E-state index in [1.165, 1.54) is 30.3 Å². The fourth-order valence-electron chi connectivity index (χ4n) is 3.55. The molecule has 30 heavy (non-hydrogen) atoms. The molecule has 0 fully saturated rings. The quantitative estimate of drug-likeness (QED) is 0.570. The monoisotopic (exact) mass is 449 g/mol. The SMILES string of the molecule is C=CC(=O)N1CCn2c(cnc2-c2cc(F)c(-c3c(O)ccc(Cl)c3F)c(Cl)c2)C1. The summed E-state index contributed by atoms with van der Waals surface area (Å²) in [7, 11) is 0. The number of hydrogen-bond acceptors (Lipinski definition) is 3. The Hall–Kier alpha value is -2.90. The average Bonchev–Trinajstić information content (AvgIpc) is 3.15. The third-order valence-electron chi connectivity index (χ3n) is 4.99. The van der Waals surface area contributed by atoms with Crippen molar-refractivity contribution in [2.24, 2.45) is 0 Å². The van der Waals surface area contributed by atoms with Crippen molar-refractivity contribution in [2.75, 3.05) is 6.54 Å². The van der Waals surface area contributed by atoms with E-state index in [4.69, 9.17) is 23.2 Å². The summed E-state index contributed by atoms with van der Waals surface area (Å²) in [4.78, 5) is 17.8. The largest absolute Gasteiger partial charge is 0.507 e. The van der Waals surface area contributed by atoms with Gasteiger partial charge in [-0.25, -0.2) is 13.8 Å². The van der Waals surface area contributed by atoms with Crippen LogP contribution in [0.2, 0.25) is 10.0 Å². The van der Waals surface area contributed by atoms with Crippen LogP contribution in [0.25, 0.3) is 22.5 Å². The molecule has 9 heteroatoms. The lowest BCUT2D eigenvalue weighted by molar-refractivity contribution is -0.127. The number of carbonyl (C=O) groups excluding carboxylic acids is 1. The molecule has 154 valence electrons. The van der Waals surface area contributed by atoms with Crippen LogP contribution in [0.3, 0.4) is 0 Å². The molecule has 3 aromatic rings. The van der Waals surface area contributed by atoms with Crippen LogP contribution in [0.15, 0.2) is 43.1 Å². The number of amides is 1. The van der Waals surface area contributed by atoms with Crippen molar-refractivity contribution in [2.45, 2.75) is 13.1 Å². The fraction of sp³-hybridized carbons (Fsp3) is 0.143. The molecule has 5 nitrogen and oxygen atoms in total. The van der Waals surface area contributed by atoms with Crippen LogP contribution in [-0.4, -0.2) is 32.0 Å². The molecule has 1 aromatic heterocycles. The third kappa shape index (κ3) is 3.34. The first-order valence-electron chi connectivity index (χ1n) is 8.94. The summed E-state index contributed by atoms with van der Waals surface area (Å²) in [6.45, 7) is 4.77. The van der Waals surface area contributed by atoms with Gasteiger partial charge in [0.2, 0.25) is 5.91 Å². The summed E-state index contributed by atoms with van der Waals surface area (Å²) >= 11 is 12.1. The molecule has 1 aliphatic rings. The van der Waals surface area contributed by atoms with Crippen molar-refractivity contribution >= 4 is 29.1 Å². The zero-order valence-corrected chi connectivity index (χ0v) is 17.0. The normalized spacial score (nSPS) is 13.3. The third-order valence-corrected chi connectivity index (χ3v) is 5.58. The summed E-state index contributed by atoms with van der Waals surface area (Å²) in [6.07, 6.45) is 2.87. The summed E-state index contributed by atoms with van der Waals surface area (Å²) < 4.78 is 31.4. The summed E-state index contributed by atoms with van der Waals surface area (Å²) in [5.41, 5.74) is 0.481. The minimum atomic E-state index is -0.963. The van der Waals surface area contributed by atoms with Gasteiger partial charge in [-0.15, -0.1) is 0 Å². The van der Waals surface area contributed by atoms with E-state index in [9.17, 15) is 14.3 Å². The second kappa shape index (κ2) is 7.74. The zero-order valence-electron chi connectivity index (χ0n) is 15.5. The molecule has 0 saturated carbocycles. The lowest BCUT2D eigenvalue weighted by Crippen LogP contribution is -2.37. The van der Waals surface area contributed by atoms with Crippen molar-refractivity contribution < 1.29 is 18.7 Å². The highest BCUT2D eigenvalue weighted by atomic mass is 35.5. The number of rotatable bonds is 3. The lowest BCUT2D eigenvalue weighted by atomic mass is 10.0. The summed E-state index contributed by atoms with van der Waals surface area (Å²) in [5.74, 6) is -1.97. The first kappa shape index (κ1) is 20.4. The standard InChI is InChI=1S/C21H15Cl2F2N3O2/c1-2-17(30)27-5-6-28-12(10-27)9-26-21(28)11-7-14(23)18(15(24)8-11)19-16(29)4-3-13(22)20(19)25/h2-4,7-9,29H,1,5-6,10H2. The fourth-order valence-corrected chi connectivity index (χ4v) is 4.01. The van der Waals surface area contributed by atoms with Gasteiger partial charge in [0.15, 0.2) is 5.82 Å². The number of carbonyl (C=O) groups is 1. The van der Waals surface area contributed by atoms with E-state index in [-0.39, 0.29) is 21.5 Å². The van der Waals surface area contributed by atoms with Crippen LogP contribution in [0.4, 0.5) is 8.78 Å². The number of benzene rings is 2. The number of hydrogen-bond donors (Lipinski definition) is 1. The Kier molecular flexibility index (Phi) is 5.26. The molecular formula is C21H15Cl2F2N3O2. The number of imidazole rings is 1. The van der Waals surface area contributed by atoms with Crippen molar-refractivity contribution in [1.82, 2.24) is 14.5 Å². The number of fused-ring (bicyclic) bond motifs is 1. The van der Waals surface area contributed by atoms with Gasteiger partial charge in [-0.3, -0.25) is 4.79 Å². The van der Waals surface area contributed by atoms with Crippen LogP contribution >= 0.6 is 23.2 Å². The number of aromatic hydroxyl groups is 1. The Balaban J connectivity index is 1.77. The van der Waals surface area contributed by atoms with Crippen LogP contribution in [0.1, 0.15) is 5.69 Å². The molecule has 0 unspecified atom stereocenters. The minimum Gasteiger partial charge on any atom is -0.507 e. The van der Waals surface area contributed by atoms with E-state index in [1.54, 1.807) is 11.1 Å². The van der Waals surface area contributed by atoms with Crippen LogP contribution < -0.4 is 0 Å². The Morgan fingerprint density at radius 1 is 1.17 bits per heavy atom. The highest BCUT2D eigenvalue weighted by Gasteiger charge is 2.25. The predicted octanol–water partition coefficient (Wildman–Crippen LogP) is 5.04. The van der Waals surface area contributed by atoms with Crippen molar-refractivity contribution in [3.05, 3.63) is 70.5 Å². The summed E-state index contributed by atoms with van der Waals surface area (Å²) in [5, 5.41) is 9.68. The smallest absolute Gasteiger partial charge is 0.246 e. The molecule has 2 aromatic carbocycles. The highest BCUT2D eigenvalue weighted by Crippen LogP contribution is 2.42. The minimum absolute atomic E-state index is 0.0990. The van der Waals surface area contributed by atoms with Gasteiger partial charge in [-0.1, -0.05) is 29.8 Å². The Labute approximate surface area is 180 Å². The summed E-state index contributed by atoms with van der Waals surface area (Å²) in [6, 6.07) is 4.98. The second-order valence-corrected chi connectivity index (χ2v) is 7.57. The van der Waals surface area contributed by atoms with E-state index < -0.39 is 22.9 Å². The van der Waals surface area contributed by atoms with E-state index >= 15 is 4.39 Å². The molecule has 1 N–H and O–H groups in total. The zero-order chi connectivity index (χ0) is 21.6. The predicted molar refractivity (Wildman–Crippen MR) is 110 cm³/mol. The van der Waals surface area contributed by atoms with Gasteiger partial charge in [-0.2, -0.15) is 0 Å². The molecule has 0 atom stereocenters. The Morgan fingerprint density at radius 2 is 1.93 bits per heavy atom. The molecule has 1 amide bonds. The van der Waals surface area contributed by atoms with Gasteiger partial charge < -0.3 is 14.6 Å². The number of phenols is 1. The van der Waals surface area contributed by atoms with Gasteiger partial charge in [0.05, 0.1) is 34.0 Å². The molecule has 0 saturated heterocycles. The first-order valence-corrected chi connectivity index (χ1v) is 9.70. The maximum atomic E-state index is 15.0. The van der Waals surface area contributed by atoms with Gasteiger partial charge in [0, 0.05) is 24.2 Å². The lowest BCUT2D eigenvalue weighted by Gasteiger charge is -2.28. The molecular weight excluding hydrogens is 435 g/mol. The number of aromatic nitrogens is 2. The molecule has 4 rings (SSSR count). The molecule has 0 radical (unpaired) electrons. The van der Waals surface area contributed by atoms with Crippen molar-refractivity contribution in [3.63, 3.8) is 0 Å². The molecule has 0 spiro atoms. The van der Waals surface area contributed by atoms with Crippen LogP contribution in [0, 0.1) is 11.6 Å². The number of halogens is 4. The van der Waals surface area contributed by atoms with Gasteiger partial charge in [0.1, 0.15) is 17.4 Å². The van der Waals surface area contributed by atoms with Gasteiger partial charge in [0.25, 0.3) is 0 Å². The number of phenolic OH excluding ortho intramolecular Hbond substituents is 1. The van der Waals surface area contributed by atoms with Crippen LogP contribution in [0.5, 0.6) is 5.75 Å². The first-order chi connectivity index (χ1) is 14.3. The number of nitrogens with zero attached hydrogens (tertiary/aromatic N) is 3. The molecule has 0 aliphatic carbocycles. The van der Waals surface area contributed by atoms with E-state index in [0.717, 1.165) is 5.69 Å². The molecule has 0 bridgehead atoms. The molecule has 2 heterocycles. The van der Waals surface area contributed by atoms with E-state index in [2.05, 4.69) is 11.6 Å². The van der Waals surface area contributed by atoms with E-state index in [0.29, 0.717) is 31.0 Å². The Morgan fingerprint density at radius 3 is 2.63 bits per heavy atom. The maximum Gasteiger partial charge on any atom is 0.246 e.